The Balaban J connectivity index is 2.33. The zero-order valence-electron chi connectivity index (χ0n) is 7.53. The van der Waals surface area contributed by atoms with Gasteiger partial charge in [-0.2, -0.15) is 5.06 Å². The van der Waals surface area contributed by atoms with Crippen molar-refractivity contribution in [2.24, 2.45) is 0 Å². The Morgan fingerprint density at radius 3 is 2.92 bits per heavy atom. The van der Waals surface area contributed by atoms with Crippen LogP contribution >= 0.6 is 0 Å². The average Bonchev–Trinajstić information content (AvgIpc) is 2.16. The van der Waals surface area contributed by atoms with E-state index in [9.17, 15) is 0 Å². The summed E-state index contributed by atoms with van der Waals surface area (Å²) in [5.41, 5.74) is 1.10. The van der Waals surface area contributed by atoms with Gasteiger partial charge in [0.05, 0.1) is 7.11 Å². The van der Waals surface area contributed by atoms with E-state index < -0.39 is 0 Å². The molecule has 0 aliphatic carbocycles. The highest BCUT2D eigenvalue weighted by molar-refractivity contribution is 5.03. The summed E-state index contributed by atoms with van der Waals surface area (Å²) in [5.74, 6) is 0. The standard InChI is InChI=1S/C9H14N2O/c1-11(12-2)8-6-9-5-3-4-7-10-9/h3-5,7H,6,8H2,1-2H3. The molecule has 0 aliphatic heterocycles. The molecule has 0 aliphatic rings. The predicted octanol–water partition coefficient (Wildman–Crippen LogP) is 1.12. The molecule has 66 valence electrons. The van der Waals surface area contributed by atoms with Crippen LogP contribution in [0.25, 0.3) is 0 Å². The van der Waals surface area contributed by atoms with Gasteiger partial charge in [0, 0.05) is 31.9 Å². The minimum absolute atomic E-state index is 0.869. The van der Waals surface area contributed by atoms with E-state index in [-0.39, 0.29) is 0 Å². The van der Waals surface area contributed by atoms with Gasteiger partial charge in [-0.05, 0) is 12.1 Å². The molecule has 0 N–H and O–H groups in total. The second kappa shape index (κ2) is 4.85. The van der Waals surface area contributed by atoms with Crippen molar-refractivity contribution >= 4 is 0 Å². The fraction of sp³-hybridized carbons (Fsp3) is 0.444. The van der Waals surface area contributed by atoms with E-state index >= 15 is 0 Å². The summed E-state index contributed by atoms with van der Waals surface area (Å²) in [6.07, 6.45) is 2.73. The van der Waals surface area contributed by atoms with E-state index in [0.29, 0.717) is 0 Å². The van der Waals surface area contributed by atoms with Gasteiger partial charge in [0.15, 0.2) is 0 Å². The number of rotatable bonds is 4. The fourth-order valence-electron chi connectivity index (χ4n) is 0.909. The normalized spacial score (nSPS) is 10.6. The van der Waals surface area contributed by atoms with Crippen molar-refractivity contribution in [1.29, 1.82) is 0 Å². The van der Waals surface area contributed by atoms with Gasteiger partial charge in [0.2, 0.25) is 0 Å². The molecule has 0 fully saturated rings. The molecule has 1 aromatic heterocycles. The van der Waals surface area contributed by atoms with Crippen LogP contribution in [0.3, 0.4) is 0 Å². The molecule has 1 aromatic rings. The maximum Gasteiger partial charge on any atom is 0.0575 e. The van der Waals surface area contributed by atoms with Crippen molar-refractivity contribution < 1.29 is 4.84 Å². The Kier molecular flexibility index (Phi) is 3.70. The molecule has 0 atom stereocenters. The van der Waals surface area contributed by atoms with Crippen LogP contribution in [0.1, 0.15) is 5.69 Å². The molecular weight excluding hydrogens is 152 g/mol. The Labute approximate surface area is 72.9 Å². The Morgan fingerprint density at radius 1 is 1.50 bits per heavy atom. The molecule has 0 bridgehead atoms. The second-order valence-electron chi connectivity index (χ2n) is 2.61. The molecular formula is C9H14N2O. The van der Waals surface area contributed by atoms with Crippen LogP contribution in [0, 0.1) is 0 Å². The van der Waals surface area contributed by atoms with Crippen LogP contribution in [-0.4, -0.2) is 30.7 Å². The van der Waals surface area contributed by atoms with Crippen LogP contribution in [-0.2, 0) is 11.3 Å². The summed E-state index contributed by atoms with van der Waals surface area (Å²) >= 11 is 0. The lowest BCUT2D eigenvalue weighted by atomic mass is 10.3. The number of hydrogen-bond donors (Lipinski definition) is 0. The Morgan fingerprint density at radius 2 is 2.33 bits per heavy atom. The van der Waals surface area contributed by atoms with Crippen molar-refractivity contribution in [2.75, 3.05) is 20.7 Å². The van der Waals surface area contributed by atoms with Crippen LogP contribution in [0.5, 0.6) is 0 Å². The SMILES string of the molecule is CON(C)CCc1ccccn1. The fourth-order valence-corrected chi connectivity index (χ4v) is 0.909. The van der Waals surface area contributed by atoms with E-state index in [4.69, 9.17) is 4.84 Å². The highest BCUT2D eigenvalue weighted by atomic mass is 16.7. The van der Waals surface area contributed by atoms with Crippen molar-refractivity contribution in [2.45, 2.75) is 6.42 Å². The molecule has 1 rings (SSSR count). The van der Waals surface area contributed by atoms with E-state index in [1.165, 1.54) is 0 Å². The van der Waals surface area contributed by atoms with Crippen molar-refractivity contribution in [3.63, 3.8) is 0 Å². The van der Waals surface area contributed by atoms with E-state index in [0.717, 1.165) is 18.7 Å². The van der Waals surface area contributed by atoms with E-state index in [1.54, 1.807) is 12.2 Å². The molecule has 0 radical (unpaired) electrons. The topological polar surface area (TPSA) is 25.4 Å². The third-order valence-electron chi connectivity index (χ3n) is 1.72. The van der Waals surface area contributed by atoms with Gasteiger partial charge in [0.25, 0.3) is 0 Å². The Hall–Kier alpha value is -0.930. The first kappa shape index (κ1) is 9.16. The van der Waals surface area contributed by atoms with Crippen LogP contribution in [0.4, 0.5) is 0 Å². The number of hydroxylamine groups is 2. The molecule has 1 heterocycles. The monoisotopic (exact) mass is 166 g/mol. The summed E-state index contributed by atoms with van der Waals surface area (Å²) < 4.78 is 0. The third kappa shape index (κ3) is 2.98. The summed E-state index contributed by atoms with van der Waals surface area (Å²) in [5, 5.41) is 1.79. The number of hydrogen-bond acceptors (Lipinski definition) is 3. The molecule has 0 unspecified atom stereocenters. The van der Waals surface area contributed by atoms with Gasteiger partial charge >= 0.3 is 0 Å². The molecule has 0 aromatic carbocycles. The minimum atomic E-state index is 0.869. The van der Waals surface area contributed by atoms with Crippen molar-refractivity contribution in [1.82, 2.24) is 10.0 Å². The lowest BCUT2D eigenvalue weighted by Crippen LogP contribution is -2.19. The maximum absolute atomic E-state index is 4.98. The highest BCUT2D eigenvalue weighted by Gasteiger charge is 1.96. The molecule has 0 spiro atoms. The lowest BCUT2D eigenvalue weighted by molar-refractivity contribution is -0.108. The van der Waals surface area contributed by atoms with Crippen LogP contribution in [0.2, 0.25) is 0 Å². The number of likely N-dealkylation sites (N-methyl/N-ethyl adjacent to an activating group) is 1. The smallest absolute Gasteiger partial charge is 0.0575 e. The van der Waals surface area contributed by atoms with E-state index in [2.05, 4.69) is 4.98 Å². The summed E-state index contributed by atoms with van der Waals surface area (Å²) in [4.78, 5) is 9.18. The minimum Gasteiger partial charge on any atom is -0.303 e. The zero-order valence-corrected chi connectivity index (χ0v) is 7.53. The first-order valence-corrected chi connectivity index (χ1v) is 3.98. The van der Waals surface area contributed by atoms with Gasteiger partial charge in [-0.1, -0.05) is 6.07 Å². The maximum atomic E-state index is 4.98. The lowest BCUT2D eigenvalue weighted by Gasteiger charge is -2.12. The molecule has 0 amide bonds. The molecule has 3 nitrogen and oxygen atoms in total. The number of nitrogens with zero attached hydrogens (tertiary/aromatic N) is 2. The van der Waals surface area contributed by atoms with Gasteiger partial charge in [-0.3, -0.25) is 4.98 Å². The van der Waals surface area contributed by atoms with E-state index in [1.807, 2.05) is 31.4 Å². The molecule has 12 heavy (non-hydrogen) atoms. The first-order chi connectivity index (χ1) is 5.83. The zero-order chi connectivity index (χ0) is 8.81. The van der Waals surface area contributed by atoms with Crippen LogP contribution in [0.15, 0.2) is 24.4 Å². The average molecular weight is 166 g/mol. The third-order valence-corrected chi connectivity index (χ3v) is 1.72. The van der Waals surface area contributed by atoms with Crippen LogP contribution < -0.4 is 0 Å². The van der Waals surface area contributed by atoms with Crippen molar-refractivity contribution in [3.05, 3.63) is 30.1 Å². The summed E-state index contributed by atoms with van der Waals surface area (Å²) in [7, 11) is 3.57. The summed E-state index contributed by atoms with van der Waals surface area (Å²) in [6.45, 7) is 0.869. The summed E-state index contributed by atoms with van der Waals surface area (Å²) in [6, 6.07) is 5.93. The molecule has 0 saturated carbocycles. The first-order valence-electron chi connectivity index (χ1n) is 3.98. The molecule has 3 heteroatoms. The number of aromatic nitrogens is 1. The Bertz CT molecular complexity index is 213. The van der Waals surface area contributed by atoms with Crippen molar-refractivity contribution in [3.8, 4) is 0 Å². The van der Waals surface area contributed by atoms with Gasteiger partial charge in [0.1, 0.15) is 0 Å². The number of pyridine rings is 1. The largest absolute Gasteiger partial charge is 0.303 e. The van der Waals surface area contributed by atoms with Gasteiger partial charge in [-0.15, -0.1) is 0 Å². The highest BCUT2D eigenvalue weighted by Crippen LogP contribution is 1.95. The quantitative estimate of drug-likeness (QED) is 0.627. The van der Waals surface area contributed by atoms with Gasteiger partial charge < -0.3 is 4.84 Å². The molecule has 0 saturated heterocycles. The van der Waals surface area contributed by atoms with Gasteiger partial charge in [-0.25, -0.2) is 0 Å². The second-order valence-corrected chi connectivity index (χ2v) is 2.61. The predicted molar refractivity (Wildman–Crippen MR) is 47.6 cm³/mol.